The first kappa shape index (κ1) is 7.80. The molecule has 0 heterocycles. The number of hydrogen-bond donors (Lipinski definition) is 1. The van der Waals surface area contributed by atoms with Crippen LogP contribution in [0.3, 0.4) is 0 Å². The van der Waals surface area contributed by atoms with E-state index in [1.165, 1.54) is 6.92 Å². The third kappa shape index (κ3) is 0.966. The Morgan fingerprint density at radius 2 is 2.50 bits per heavy atom. The lowest BCUT2D eigenvalue weighted by Gasteiger charge is -2.27. The summed E-state index contributed by atoms with van der Waals surface area (Å²) in [5.41, 5.74) is -0.684. The Bertz CT molecular complexity index is 246. The molecule has 0 radical (unpaired) electrons. The van der Waals surface area contributed by atoms with Crippen molar-refractivity contribution in [1.29, 1.82) is 0 Å². The van der Waals surface area contributed by atoms with E-state index in [2.05, 4.69) is 0 Å². The van der Waals surface area contributed by atoms with E-state index in [0.717, 1.165) is 12.8 Å². The normalized spacial score (nSPS) is 43.5. The van der Waals surface area contributed by atoms with E-state index < -0.39 is 11.7 Å². The molecule has 2 rings (SSSR count). The number of carbonyl (C=O) groups excluding carboxylic acids is 1. The van der Waals surface area contributed by atoms with Crippen LogP contribution in [0.25, 0.3) is 0 Å². The average molecular weight is 168 g/mol. The smallest absolute Gasteiger partial charge is 0.303 e. The standard InChI is InChI=1S/C9H12O3/c1-6(10)12-9-3-2-7(5-9)4-8(9)11/h2-3,7-8,11H,4-5H2,1H3. The van der Waals surface area contributed by atoms with E-state index in [1.54, 1.807) is 0 Å². The van der Waals surface area contributed by atoms with Gasteiger partial charge >= 0.3 is 5.97 Å². The van der Waals surface area contributed by atoms with E-state index in [0.29, 0.717) is 5.92 Å². The van der Waals surface area contributed by atoms with Crippen LogP contribution in [0.2, 0.25) is 0 Å². The van der Waals surface area contributed by atoms with Gasteiger partial charge in [0.25, 0.3) is 0 Å². The molecule has 2 bridgehead atoms. The lowest BCUT2D eigenvalue weighted by molar-refractivity contribution is -0.159. The molecule has 3 atom stereocenters. The molecule has 2 aliphatic carbocycles. The number of allylic oxidation sites excluding steroid dienone is 1. The van der Waals surface area contributed by atoms with Crippen molar-refractivity contribution < 1.29 is 14.6 Å². The largest absolute Gasteiger partial charge is 0.452 e. The van der Waals surface area contributed by atoms with E-state index >= 15 is 0 Å². The maximum absolute atomic E-state index is 10.8. The van der Waals surface area contributed by atoms with E-state index in [1.807, 2.05) is 12.2 Å². The molecular formula is C9H12O3. The van der Waals surface area contributed by atoms with Crippen molar-refractivity contribution in [3.8, 4) is 0 Å². The average Bonchev–Trinajstić information content (AvgIpc) is 2.42. The Morgan fingerprint density at radius 3 is 2.92 bits per heavy atom. The van der Waals surface area contributed by atoms with Crippen LogP contribution in [-0.2, 0) is 9.53 Å². The van der Waals surface area contributed by atoms with Gasteiger partial charge in [0.1, 0.15) is 0 Å². The Labute approximate surface area is 71.0 Å². The van der Waals surface area contributed by atoms with E-state index in [4.69, 9.17) is 4.74 Å². The number of aliphatic hydroxyl groups is 1. The lowest BCUT2D eigenvalue weighted by atomic mass is 10.00. The summed E-state index contributed by atoms with van der Waals surface area (Å²) < 4.78 is 5.13. The monoisotopic (exact) mass is 168 g/mol. The van der Waals surface area contributed by atoms with Gasteiger partial charge in [0.2, 0.25) is 0 Å². The minimum atomic E-state index is -0.684. The summed E-state index contributed by atoms with van der Waals surface area (Å²) in [7, 11) is 0. The predicted octanol–water partition coefficient (Wildman–Crippen LogP) is 0.629. The highest BCUT2D eigenvalue weighted by molar-refractivity contribution is 5.67. The van der Waals surface area contributed by atoms with Crippen molar-refractivity contribution in [1.82, 2.24) is 0 Å². The number of hydrogen-bond acceptors (Lipinski definition) is 3. The summed E-state index contributed by atoms with van der Waals surface area (Å²) >= 11 is 0. The van der Waals surface area contributed by atoms with Crippen LogP contribution in [0.1, 0.15) is 19.8 Å². The van der Waals surface area contributed by atoms with Gasteiger partial charge in [-0.2, -0.15) is 0 Å². The molecule has 0 spiro atoms. The third-order valence-electron chi connectivity index (χ3n) is 2.66. The summed E-state index contributed by atoms with van der Waals surface area (Å²) in [6.07, 6.45) is 4.83. The first-order valence-corrected chi connectivity index (χ1v) is 4.19. The fourth-order valence-electron chi connectivity index (χ4n) is 2.15. The molecular weight excluding hydrogens is 156 g/mol. The highest BCUT2D eigenvalue weighted by Gasteiger charge is 2.50. The Kier molecular flexibility index (Phi) is 1.51. The first-order valence-electron chi connectivity index (χ1n) is 4.19. The van der Waals surface area contributed by atoms with E-state index in [-0.39, 0.29) is 5.97 Å². The molecule has 3 nitrogen and oxygen atoms in total. The summed E-state index contributed by atoms with van der Waals surface area (Å²) in [6, 6.07) is 0. The minimum Gasteiger partial charge on any atom is -0.452 e. The lowest BCUT2D eigenvalue weighted by Crippen LogP contribution is -2.39. The van der Waals surface area contributed by atoms with E-state index in [9.17, 15) is 9.90 Å². The fraction of sp³-hybridized carbons (Fsp3) is 0.667. The minimum absolute atomic E-state index is 0.318. The maximum Gasteiger partial charge on any atom is 0.303 e. The zero-order valence-corrected chi connectivity index (χ0v) is 6.99. The van der Waals surface area contributed by atoms with Crippen LogP contribution in [-0.4, -0.2) is 22.8 Å². The van der Waals surface area contributed by atoms with Gasteiger partial charge in [0.05, 0.1) is 6.10 Å². The zero-order chi connectivity index (χ0) is 8.77. The summed E-state index contributed by atoms with van der Waals surface area (Å²) in [5, 5.41) is 9.59. The van der Waals surface area contributed by atoms with Crippen molar-refractivity contribution in [2.24, 2.45) is 5.92 Å². The molecule has 0 aromatic rings. The second-order valence-corrected chi connectivity index (χ2v) is 3.62. The van der Waals surface area contributed by atoms with Crippen molar-refractivity contribution in [2.75, 3.05) is 0 Å². The van der Waals surface area contributed by atoms with Crippen LogP contribution < -0.4 is 0 Å². The zero-order valence-electron chi connectivity index (χ0n) is 6.99. The van der Waals surface area contributed by atoms with Gasteiger partial charge in [0, 0.05) is 6.92 Å². The quantitative estimate of drug-likeness (QED) is 0.461. The Hall–Kier alpha value is -0.830. The number of aliphatic hydroxyl groups excluding tert-OH is 1. The third-order valence-corrected chi connectivity index (χ3v) is 2.66. The van der Waals surface area contributed by atoms with Crippen LogP contribution in [0.5, 0.6) is 0 Å². The summed E-state index contributed by atoms with van der Waals surface area (Å²) in [6.45, 7) is 1.38. The van der Waals surface area contributed by atoms with Crippen LogP contribution in [0.15, 0.2) is 12.2 Å². The summed E-state index contributed by atoms with van der Waals surface area (Å²) in [5.74, 6) is 0.0839. The van der Waals surface area contributed by atoms with Gasteiger partial charge in [-0.25, -0.2) is 0 Å². The number of fused-ring (bicyclic) bond motifs is 2. The molecule has 66 valence electrons. The fourth-order valence-corrected chi connectivity index (χ4v) is 2.15. The van der Waals surface area contributed by atoms with Gasteiger partial charge in [-0.05, 0) is 24.8 Å². The van der Waals surface area contributed by atoms with Gasteiger partial charge in [-0.3, -0.25) is 4.79 Å². The molecule has 0 aromatic heterocycles. The number of carbonyl (C=O) groups is 1. The maximum atomic E-state index is 10.8. The van der Waals surface area contributed by atoms with Crippen LogP contribution in [0.4, 0.5) is 0 Å². The van der Waals surface area contributed by atoms with Crippen molar-refractivity contribution in [3.63, 3.8) is 0 Å². The SMILES string of the molecule is CC(=O)OC12C=CC(CC1O)C2. The Balaban J connectivity index is 2.19. The Morgan fingerprint density at radius 1 is 1.75 bits per heavy atom. The molecule has 1 N–H and O–H groups in total. The van der Waals surface area contributed by atoms with Crippen molar-refractivity contribution in [2.45, 2.75) is 31.5 Å². The summed E-state index contributed by atoms with van der Waals surface area (Å²) in [4.78, 5) is 10.8. The predicted molar refractivity (Wildman–Crippen MR) is 42.4 cm³/mol. The van der Waals surface area contributed by atoms with Gasteiger partial charge < -0.3 is 9.84 Å². The van der Waals surface area contributed by atoms with Crippen LogP contribution in [0, 0.1) is 5.92 Å². The molecule has 0 aliphatic heterocycles. The topological polar surface area (TPSA) is 46.5 Å². The molecule has 12 heavy (non-hydrogen) atoms. The molecule has 0 aromatic carbocycles. The van der Waals surface area contributed by atoms with Crippen molar-refractivity contribution in [3.05, 3.63) is 12.2 Å². The molecule has 0 saturated heterocycles. The molecule has 2 aliphatic rings. The second kappa shape index (κ2) is 2.33. The molecule has 1 fully saturated rings. The highest BCUT2D eigenvalue weighted by Crippen LogP contribution is 2.45. The van der Waals surface area contributed by atoms with Gasteiger partial charge in [-0.15, -0.1) is 0 Å². The van der Waals surface area contributed by atoms with Crippen molar-refractivity contribution >= 4 is 5.97 Å². The van der Waals surface area contributed by atoms with Gasteiger partial charge in [0.15, 0.2) is 5.60 Å². The van der Waals surface area contributed by atoms with Crippen LogP contribution >= 0.6 is 0 Å². The molecule has 1 saturated carbocycles. The highest BCUT2D eigenvalue weighted by atomic mass is 16.6. The first-order chi connectivity index (χ1) is 5.62. The second-order valence-electron chi connectivity index (χ2n) is 3.62. The molecule has 3 unspecified atom stereocenters. The van der Waals surface area contributed by atoms with Gasteiger partial charge in [-0.1, -0.05) is 6.08 Å². The number of ether oxygens (including phenoxy) is 1. The number of esters is 1. The molecule has 3 heteroatoms. The molecule has 0 amide bonds. The number of rotatable bonds is 1.